The summed E-state index contributed by atoms with van der Waals surface area (Å²) in [7, 11) is 0. The molecule has 1 aliphatic carbocycles. The number of nitrogens with one attached hydrogen (secondary N) is 3. The molecule has 190 valence electrons. The summed E-state index contributed by atoms with van der Waals surface area (Å²) in [6.45, 7) is 7.60. The summed E-state index contributed by atoms with van der Waals surface area (Å²) in [5, 5.41) is 11.0. The van der Waals surface area contributed by atoms with Crippen molar-refractivity contribution in [3.8, 4) is 10.6 Å². The normalized spacial score (nSPS) is 16.7. The molecule has 2 aliphatic rings. The van der Waals surface area contributed by atoms with E-state index in [-0.39, 0.29) is 30.7 Å². The lowest BCUT2D eigenvalue weighted by molar-refractivity contribution is 0.0952. The number of nitrogens with zero attached hydrogens (tertiary/aromatic N) is 2. The Balaban J connectivity index is 0.00000171. The number of fused-ring (bicyclic) bond motifs is 1. The van der Waals surface area contributed by atoms with E-state index >= 15 is 0 Å². The van der Waals surface area contributed by atoms with Crippen LogP contribution in [0.4, 0.5) is 5.95 Å². The van der Waals surface area contributed by atoms with Gasteiger partial charge in [-0.2, -0.15) is 0 Å². The van der Waals surface area contributed by atoms with Gasteiger partial charge >= 0.3 is 0 Å². The van der Waals surface area contributed by atoms with E-state index in [1.54, 1.807) is 11.3 Å². The van der Waals surface area contributed by atoms with Crippen LogP contribution in [0, 0.1) is 12.3 Å². The average Bonchev–Trinajstić information content (AvgIpc) is 3.52. The molecule has 1 saturated carbocycles. The van der Waals surface area contributed by atoms with Crippen LogP contribution >= 0.6 is 36.2 Å². The number of benzene rings is 1. The maximum Gasteiger partial charge on any atom is 0.252 e. The molecule has 6 nitrogen and oxygen atoms in total. The van der Waals surface area contributed by atoms with E-state index in [0.717, 1.165) is 70.7 Å². The van der Waals surface area contributed by atoms with Gasteiger partial charge in [-0.05, 0) is 87.7 Å². The average molecular weight is 537 g/mol. The molecule has 9 heteroatoms. The van der Waals surface area contributed by atoms with Crippen molar-refractivity contribution >= 4 is 58.1 Å². The quantitative estimate of drug-likeness (QED) is 0.309. The van der Waals surface area contributed by atoms with Crippen molar-refractivity contribution in [1.82, 2.24) is 20.6 Å². The predicted octanol–water partition coefficient (Wildman–Crippen LogP) is 5.98. The van der Waals surface area contributed by atoms with Crippen molar-refractivity contribution in [2.24, 2.45) is 5.41 Å². The summed E-state index contributed by atoms with van der Waals surface area (Å²) >= 11 is 1.68. The van der Waals surface area contributed by atoms with E-state index in [9.17, 15) is 4.79 Å². The van der Waals surface area contributed by atoms with Gasteiger partial charge in [0.25, 0.3) is 5.91 Å². The van der Waals surface area contributed by atoms with Gasteiger partial charge in [-0.1, -0.05) is 13.0 Å². The number of anilines is 1. The fraction of sp³-hybridized carbons (Fsp3) is 0.500. The lowest BCUT2D eigenvalue weighted by Crippen LogP contribution is -2.34. The Morgan fingerprint density at radius 2 is 2.00 bits per heavy atom. The van der Waals surface area contributed by atoms with Gasteiger partial charge in [0, 0.05) is 34.4 Å². The van der Waals surface area contributed by atoms with E-state index in [2.05, 4.69) is 40.0 Å². The highest BCUT2D eigenvalue weighted by Crippen LogP contribution is 2.36. The first-order chi connectivity index (χ1) is 16.0. The Morgan fingerprint density at radius 3 is 2.74 bits per heavy atom. The van der Waals surface area contributed by atoms with Crippen LogP contribution in [-0.2, 0) is 0 Å². The number of rotatable bonds is 8. The molecule has 0 unspecified atom stereocenters. The lowest BCUT2D eigenvalue weighted by atomic mass is 9.77. The largest absolute Gasteiger partial charge is 0.354 e. The first kappa shape index (κ1) is 27.7. The Bertz CT molecular complexity index is 1160. The minimum absolute atomic E-state index is 0. The van der Waals surface area contributed by atoms with Crippen LogP contribution in [0.25, 0.3) is 20.7 Å². The number of aromatic nitrogens is 2. The summed E-state index contributed by atoms with van der Waals surface area (Å²) in [6.07, 6.45) is 8.92. The van der Waals surface area contributed by atoms with Crippen LogP contribution in [0.5, 0.6) is 0 Å². The molecule has 5 rings (SSSR count). The number of thiophene rings is 1. The second-order valence-corrected chi connectivity index (χ2v) is 11.0. The molecule has 35 heavy (non-hydrogen) atoms. The van der Waals surface area contributed by atoms with Crippen molar-refractivity contribution in [3.05, 3.63) is 41.6 Å². The van der Waals surface area contributed by atoms with Gasteiger partial charge in [0.15, 0.2) is 0 Å². The van der Waals surface area contributed by atoms with E-state index in [1.807, 2.05) is 25.3 Å². The van der Waals surface area contributed by atoms with Crippen LogP contribution in [0.2, 0.25) is 0 Å². The monoisotopic (exact) mass is 535 g/mol. The maximum atomic E-state index is 12.7. The molecule has 1 aliphatic heterocycles. The topological polar surface area (TPSA) is 78.9 Å². The Labute approximate surface area is 223 Å². The number of piperidine rings is 1. The van der Waals surface area contributed by atoms with Crippen LogP contribution in [-0.4, -0.2) is 41.6 Å². The molecule has 0 bridgehead atoms. The molecular formula is C26H35Cl2N5OS. The lowest BCUT2D eigenvalue weighted by Gasteiger charge is -2.34. The summed E-state index contributed by atoms with van der Waals surface area (Å²) in [4.78, 5) is 23.1. The SMILES string of the molecule is Cc1cnc(NCCCC2(C)CCNCC2)nc1-c1cc2c(C(=O)NC3CC3)cccc2s1.Cl.Cl. The first-order valence-corrected chi connectivity index (χ1v) is 12.9. The number of carbonyl (C=O) groups is 1. The molecule has 3 heterocycles. The van der Waals surface area contributed by atoms with E-state index in [0.29, 0.717) is 17.4 Å². The smallest absolute Gasteiger partial charge is 0.252 e. The number of halogens is 2. The predicted molar refractivity (Wildman–Crippen MR) is 151 cm³/mol. The third-order valence-electron chi connectivity index (χ3n) is 6.97. The minimum Gasteiger partial charge on any atom is -0.354 e. The maximum absolute atomic E-state index is 12.7. The second-order valence-electron chi connectivity index (χ2n) is 9.89. The highest BCUT2D eigenvalue weighted by molar-refractivity contribution is 7.22. The van der Waals surface area contributed by atoms with Gasteiger partial charge in [-0.25, -0.2) is 9.97 Å². The third-order valence-corrected chi connectivity index (χ3v) is 8.08. The highest BCUT2D eigenvalue weighted by Gasteiger charge is 2.26. The van der Waals surface area contributed by atoms with Crippen LogP contribution in [0.1, 0.15) is 61.4 Å². The zero-order chi connectivity index (χ0) is 22.8. The van der Waals surface area contributed by atoms with Crippen molar-refractivity contribution < 1.29 is 4.79 Å². The molecule has 0 atom stereocenters. The minimum atomic E-state index is 0. The fourth-order valence-electron chi connectivity index (χ4n) is 4.64. The summed E-state index contributed by atoms with van der Waals surface area (Å²) < 4.78 is 1.11. The molecule has 0 radical (unpaired) electrons. The van der Waals surface area contributed by atoms with Crippen molar-refractivity contribution in [2.75, 3.05) is 25.0 Å². The number of aryl methyl sites for hydroxylation is 1. The number of carbonyl (C=O) groups excluding carboxylic acids is 1. The second kappa shape index (κ2) is 11.9. The van der Waals surface area contributed by atoms with Crippen LogP contribution in [0.3, 0.4) is 0 Å². The van der Waals surface area contributed by atoms with Gasteiger partial charge in [0.2, 0.25) is 5.95 Å². The molecule has 1 saturated heterocycles. The Kier molecular flexibility index (Phi) is 9.38. The number of hydrogen-bond acceptors (Lipinski definition) is 6. The number of amides is 1. The van der Waals surface area contributed by atoms with Crippen molar-refractivity contribution in [2.45, 2.75) is 58.4 Å². The summed E-state index contributed by atoms with van der Waals surface area (Å²) in [5.74, 6) is 0.701. The molecular weight excluding hydrogens is 501 g/mol. The van der Waals surface area contributed by atoms with Crippen LogP contribution < -0.4 is 16.0 Å². The van der Waals surface area contributed by atoms with Crippen molar-refractivity contribution in [3.63, 3.8) is 0 Å². The zero-order valence-corrected chi connectivity index (χ0v) is 22.8. The Morgan fingerprint density at radius 1 is 1.23 bits per heavy atom. The van der Waals surface area contributed by atoms with E-state index in [4.69, 9.17) is 4.98 Å². The molecule has 3 aromatic rings. The van der Waals surface area contributed by atoms with Gasteiger partial charge in [-0.15, -0.1) is 36.2 Å². The highest BCUT2D eigenvalue weighted by atomic mass is 35.5. The van der Waals surface area contributed by atoms with E-state index < -0.39 is 0 Å². The summed E-state index contributed by atoms with van der Waals surface area (Å²) in [6, 6.07) is 8.42. The van der Waals surface area contributed by atoms with Crippen LogP contribution in [0.15, 0.2) is 30.5 Å². The molecule has 2 aromatic heterocycles. The van der Waals surface area contributed by atoms with Gasteiger partial charge < -0.3 is 16.0 Å². The van der Waals surface area contributed by atoms with E-state index in [1.165, 1.54) is 19.3 Å². The van der Waals surface area contributed by atoms with Gasteiger partial charge in [0.1, 0.15) is 0 Å². The Hall–Kier alpha value is -1.93. The molecule has 3 N–H and O–H groups in total. The third kappa shape index (κ3) is 6.64. The fourth-order valence-corrected chi connectivity index (χ4v) is 5.78. The molecule has 0 spiro atoms. The van der Waals surface area contributed by atoms with Gasteiger partial charge in [-0.3, -0.25) is 4.79 Å². The summed E-state index contributed by atoms with van der Waals surface area (Å²) in [5.41, 5.74) is 3.18. The van der Waals surface area contributed by atoms with Gasteiger partial charge in [0.05, 0.1) is 10.6 Å². The zero-order valence-electron chi connectivity index (χ0n) is 20.4. The van der Waals surface area contributed by atoms with Crippen molar-refractivity contribution in [1.29, 1.82) is 0 Å². The molecule has 2 fully saturated rings. The standard InChI is InChI=1S/C26H33N5OS.2ClH/c1-17-16-29-25(28-12-4-9-26(2)10-13-27-14-11-26)31-23(17)22-15-20-19(5-3-6-21(20)33-22)24(32)30-18-7-8-18;;/h3,5-6,15-16,18,27H,4,7-14H2,1-2H3,(H,30,32)(H,28,29,31);2*1H. The first-order valence-electron chi connectivity index (χ1n) is 12.1. The molecule has 1 amide bonds. The number of hydrogen-bond donors (Lipinski definition) is 3. The molecule has 1 aromatic carbocycles.